The first-order valence-electron chi connectivity index (χ1n) is 8.29. The Kier molecular flexibility index (Phi) is 6.64. The Bertz CT molecular complexity index is 1050. The first kappa shape index (κ1) is 22.0. The van der Waals surface area contributed by atoms with E-state index >= 15 is 0 Å². The van der Waals surface area contributed by atoms with Crippen molar-refractivity contribution < 1.29 is 27.3 Å². The summed E-state index contributed by atoms with van der Waals surface area (Å²) in [5.74, 6) is -2.77. The van der Waals surface area contributed by atoms with Crippen LogP contribution >= 0.6 is 0 Å². The zero-order valence-corrected chi connectivity index (χ0v) is 16.1. The zero-order chi connectivity index (χ0) is 21.8. The molecular weight excluding hydrogens is 405 g/mol. The second-order valence-corrected chi connectivity index (χ2v) is 8.40. The zero-order valence-electron chi connectivity index (χ0n) is 15.3. The lowest BCUT2D eigenvalue weighted by molar-refractivity contribution is -0.385. The number of nitro groups is 1. The molecule has 1 unspecified atom stereocenters. The fourth-order valence-electron chi connectivity index (χ4n) is 2.53. The molecule has 9 nitrogen and oxygen atoms in total. The minimum Gasteiger partial charge on any atom is -0.369 e. The minimum atomic E-state index is -3.79. The quantitative estimate of drug-likeness (QED) is 0.481. The average Bonchev–Trinajstić information content (AvgIpc) is 2.65. The summed E-state index contributed by atoms with van der Waals surface area (Å²) in [4.78, 5) is 33.9. The number of halogens is 1. The number of non-ortho nitro benzene ring substituents is 1. The summed E-state index contributed by atoms with van der Waals surface area (Å²) < 4.78 is 36.4. The van der Waals surface area contributed by atoms with Gasteiger partial charge in [0.2, 0.25) is 5.91 Å². The van der Waals surface area contributed by atoms with E-state index in [-0.39, 0.29) is 23.4 Å². The first-order valence-corrected chi connectivity index (χ1v) is 10.2. The molecule has 29 heavy (non-hydrogen) atoms. The number of nitrogens with one attached hydrogen (secondary N) is 1. The van der Waals surface area contributed by atoms with E-state index in [1.165, 1.54) is 24.3 Å². The van der Waals surface area contributed by atoms with Crippen molar-refractivity contribution in [3.8, 4) is 0 Å². The van der Waals surface area contributed by atoms with E-state index < -0.39 is 44.0 Å². The highest BCUT2D eigenvalue weighted by Crippen LogP contribution is 2.21. The SMILES string of the molecule is CS(=O)(=O)c1cc(C(=O)NCC(Cc2ccc(F)cc2)C(N)=O)cc([N+](=O)[O-])c1. The summed E-state index contributed by atoms with van der Waals surface area (Å²) >= 11 is 0. The molecule has 0 fully saturated rings. The van der Waals surface area contributed by atoms with Crippen LogP contribution in [-0.2, 0) is 21.1 Å². The van der Waals surface area contributed by atoms with E-state index in [0.717, 1.165) is 24.5 Å². The van der Waals surface area contributed by atoms with Crippen molar-refractivity contribution in [1.29, 1.82) is 0 Å². The van der Waals surface area contributed by atoms with Crippen LogP contribution in [0.5, 0.6) is 0 Å². The lowest BCUT2D eigenvalue weighted by Gasteiger charge is -2.15. The van der Waals surface area contributed by atoms with E-state index in [2.05, 4.69) is 5.32 Å². The van der Waals surface area contributed by atoms with Gasteiger partial charge in [-0.3, -0.25) is 19.7 Å². The number of nitrogens with zero attached hydrogens (tertiary/aromatic N) is 1. The molecule has 0 saturated heterocycles. The number of hydrogen-bond acceptors (Lipinski definition) is 6. The summed E-state index contributed by atoms with van der Waals surface area (Å²) in [6, 6.07) is 8.20. The molecule has 154 valence electrons. The van der Waals surface area contributed by atoms with Crippen LogP contribution in [0.3, 0.4) is 0 Å². The largest absolute Gasteiger partial charge is 0.369 e. The van der Waals surface area contributed by atoms with Crippen LogP contribution in [0.2, 0.25) is 0 Å². The number of carbonyl (C=O) groups is 2. The van der Waals surface area contributed by atoms with Crippen molar-refractivity contribution >= 4 is 27.3 Å². The van der Waals surface area contributed by atoms with Crippen molar-refractivity contribution in [2.45, 2.75) is 11.3 Å². The lowest BCUT2D eigenvalue weighted by Crippen LogP contribution is -2.37. The van der Waals surface area contributed by atoms with E-state index in [0.29, 0.717) is 5.56 Å². The number of sulfone groups is 1. The number of nitrogens with two attached hydrogens (primary N) is 1. The standard InChI is InChI=1S/C18H18FN3O6S/c1-29(27,28)16-8-12(7-15(9-16)22(25)26)18(24)21-10-13(17(20)23)6-11-2-4-14(19)5-3-11/h2-5,7-9,13H,6,10H2,1H3,(H2,20,23)(H,21,24). The third-order valence-electron chi connectivity index (χ3n) is 4.10. The molecule has 0 aliphatic rings. The Labute approximate surface area is 165 Å². The molecule has 0 spiro atoms. The molecule has 0 bridgehead atoms. The van der Waals surface area contributed by atoms with Crippen LogP contribution in [0.4, 0.5) is 10.1 Å². The number of hydrogen-bond donors (Lipinski definition) is 2. The summed E-state index contributed by atoms with van der Waals surface area (Å²) in [7, 11) is -3.79. The van der Waals surface area contributed by atoms with Crippen LogP contribution in [0.25, 0.3) is 0 Å². The van der Waals surface area contributed by atoms with Crippen molar-refractivity contribution in [3.63, 3.8) is 0 Å². The van der Waals surface area contributed by atoms with Gasteiger partial charge in [0, 0.05) is 30.5 Å². The van der Waals surface area contributed by atoms with Crippen LogP contribution in [0.1, 0.15) is 15.9 Å². The Morgan fingerprint density at radius 2 is 1.83 bits per heavy atom. The van der Waals surface area contributed by atoms with Gasteiger partial charge in [-0.05, 0) is 30.2 Å². The second-order valence-electron chi connectivity index (χ2n) is 6.38. The lowest BCUT2D eigenvalue weighted by atomic mass is 9.98. The minimum absolute atomic E-state index is 0.138. The molecule has 0 aliphatic carbocycles. The number of rotatable bonds is 8. The molecule has 3 N–H and O–H groups in total. The highest BCUT2D eigenvalue weighted by molar-refractivity contribution is 7.90. The fraction of sp³-hybridized carbons (Fsp3) is 0.222. The maximum atomic E-state index is 13.0. The van der Waals surface area contributed by atoms with Gasteiger partial charge in [0.25, 0.3) is 11.6 Å². The topological polar surface area (TPSA) is 149 Å². The van der Waals surface area contributed by atoms with Crippen LogP contribution < -0.4 is 11.1 Å². The Morgan fingerprint density at radius 3 is 2.34 bits per heavy atom. The molecule has 2 aromatic carbocycles. The second kappa shape index (κ2) is 8.78. The van der Waals surface area contributed by atoms with Crippen molar-refractivity contribution in [3.05, 3.63) is 69.5 Å². The maximum absolute atomic E-state index is 13.0. The van der Waals surface area contributed by atoms with Gasteiger partial charge in [-0.2, -0.15) is 0 Å². The number of primary amides is 1. The van der Waals surface area contributed by atoms with E-state index in [1.54, 1.807) is 0 Å². The molecule has 1 atom stereocenters. The number of benzene rings is 2. The molecule has 2 rings (SSSR count). The summed E-state index contributed by atoms with van der Waals surface area (Å²) in [6.45, 7) is -0.192. The Balaban J connectivity index is 2.19. The maximum Gasteiger partial charge on any atom is 0.271 e. The predicted molar refractivity (Wildman–Crippen MR) is 101 cm³/mol. The number of nitro benzene ring substituents is 1. The molecular formula is C18H18FN3O6S. The van der Waals surface area contributed by atoms with E-state index in [4.69, 9.17) is 5.73 Å². The van der Waals surface area contributed by atoms with Crippen molar-refractivity contribution in [2.75, 3.05) is 12.8 Å². The van der Waals surface area contributed by atoms with E-state index in [9.17, 15) is 32.5 Å². The highest BCUT2D eigenvalue weighted by atomic mass is 32.2. The van der Waals surface area contributed by atoms with Gasteiger partial charge in [-0.15, -0.1) is 0 Å². The van der Waals surface area contributed by atoms with Gasteiger partial charge in [-0.25, -0.2) is 12.8 Å². The van der Waals surface area contributed by atoms with E-state index in [1.807, 2.05) is 0 Å². The summed E-state index contributed by atoms with van der Waals surface area (Å²) in [6.07, 6.45) is 0.999. The van der Waals surface area contributed by atoms with Crippen molar-refractivity contribution in [1.82, 2.24) is 5.32 Å². The smallest absolute Gasteiger partial charge is 0.271 e. The molecule has 0 aliphatic heterocycles. The normalized spacial score (nSPS) is 12.2. The molecule has 2 amide bonds. The third kappa shape index (κ3) is 6.07. The van der Waals surface area contributed by atoms with Crippen molar-refractivity contribution in [2.24, 2.45) is 11.7 Å². The van der Waals surface area contributed by atoms with Crippen LogP contribution in [-0.4, -0.2) is 38.0 Å². The van der Waals surface area contributed by atoms with Gasteiger partial charge in [0.15, 0.2) is 9.84 Å². The van der Waals surface area contributed by atoms with Crippen LogP contribution in [0, 0.1) is 21.8 Å². The van der Waals surface area contributed by atoms with Gasteiger partial charge >= 0.3 is 0 Å². The summed E-state index contributed by atoms with van der Waals surface area (Å²) in [5, 5.41) is 13.5. The molecule has 0 radical (unpaired) electrons. The Hall–Kier alpha value is -3.34. The molecule has 2 aromatic rings. The number of amides is 2. The average molecular weight is 423 g/mol. The molecule has 0 aromatic heterocycles. The Morgan fingerprint density at radius 1 is 1.21 bits per heavy atom. The molecule has 0 heterocycles. The molecule has 0 saturated carbocycles. The molecule has 11 heteroatoms. The third-order valence-corrected chi connectivity index (χ3v) is 5.19. The van der Waals surface area contributed by atoms with Gasteiger partial charge in [0.1, 0.15) is 5.82 Å². The van der Waals surface area contributed by atoms with Gasteiger partial charge in [0.05, 0.1) is 15.7 Å². The highest BCUT2D eigenvalue weighted by Gasteiger charge is 2.21. The summed E-state index contributed by atoms with van der Waals surface area (Å²) in [5.41, 5.74) is 5.17. The van der Waals surface area contributed by atoms with Gasteiger partial charge in [-0.1, -0.05) is 12.1 Å². The fourth-order valence-corrected chi connectivity index (χ4v) is 3.21. The van der Waals surface area contributed by atoms with Crippen LogP contribution in [0.15, 0.2) is 47.4 Å². The predicted octanol–water partition coefficient (Wildman–Crippen LogP) is 1.21. The van der Waals surface area contributed by atoms with Gasteiger partial charge < -0.3 is 11.1 Å². The number of carbonyl (C=O) groups excluding carboxylic acids is 2. The monoisotopic (exact) mass is 423 g/mol. The first-order chi connectivity index (χ1) is 13.5.